The van der Waals surface area contributed by atoms with Gasteiger partial charge in [0.15, 0.2) is 16.6 Å². The van der Waals surface area contributed by atoms with E-state index in [4.69, 9.17) is 14.5 Å². The lowest BCUT2D eigenvalue weighted by molar-refractivity contribution is -0.130. The van der Waals surface area contributed by atoms with Gasteiger partial charge in [0.2, 0.25) is 6.10 Å². The molecule has 162 valence electrons. The second kappa shape index (κ2) is 8.24. The van der Waals surface area contributed by atoms with Crippen molar-refractivity contribution in [2.75, 3.05) is 4.90 Å². The Hall–Kier alpha value is -3.45. The van der Waals surface area contributed by atoms with E-state index in [2.05, 4.69) is 24.9 Å². The number of hydrogen-bond acceptors (Lipinski definition) is 6. The van der Waals surface area contributed by atoms with Gasteiger partial charge in [0.1, 0.15) is 6.10 Å². The first kappa shape index (κ1) is 20.5. The number of rotatable bonds is 4. The van der Waals surface area contributed by atoms with Crippen LogP contribution in [0.4, 0.5) is 5.13 Å². The Labute approximate surface area is 190 Å². The number of fused-ring (bicyclic) bond motifs is 2. The Morgan fingerprint density at radius 1 is 1.06 bits per heavy atom. The first-order valence-corrected chi connectivity index (χ1v) is 11.3. The molecule has 2 unspecified atom stereocenters. The highest BCUT2D eigenvalue weighted by Crippen LogP contribution is 2.36. The zero-order chi connectivity index (χ0) is 22.2. The molecule has 0 spiro atoms. The third-order valence-corrected chi connectivity index (χ3v) is 6.67. The van der Waals surface area contributed by atoms with Gasteiger partial charge in [-0.25, -0.2) is 4.98 Å². The van der Waals surface area contributed by atoms with Crippen molar-refractivity contribution in [3.63, 3.8) is 0 Å². The Morgan fingerprint density at radius 2 is 1.81 bits per heavy atom. The van der Waals surface area contributed by atoms with E-state index < -0.39 is 12.2 Å². The predicted octanol–water partition coefficient (Wildman–Crippen LogP) is 5.07. The Kier molecular flexibility index (Phi) is 5.27. The van der Waals surface area contributed by atoms with Gasteiger partial charge in [-0.2, -0.15) is 0 Å². The Bertz CT molecular complexity index is 1290. The van der Waals surface area contributed by atoms with Crippen LogP contribution in [0.2, 0.25) is 0 Å². The van der Waals surface area contributed by atoms with Crippen LogP contribution in [0.1, 0.15) is 23.7 Å². The molecule has 0 saturated heterocycles. The topological polar surface area (TPSA) is 64.6 Å². The number of amides is 1. The van der Waals surface area contributed by atoms with Crippen LogP contribution in [0.15, 0.2) is 60.8 Å². The minimum Gasteiger partial charge on any atom is -0.482 e. The van der Waals surface area contributed by atoms with Crippen molar-refractivity contribution in [1.29, 1.82) is 0 Å². The second-order valence-corrected chi connectivity index (χ2v) is 8.96. The normalized spacial score (nSPS) is 17.3. The third-order valence-electron chi connectivity index (χ3n) is 5.44. The molecule has 0 bridgehead atoms. The van der Waals surface area contributed by atoms with Gasteiger partial charge in [0.05, 0.1) is 22.5 Å². The lowest BCUT2D eigenvalue weighted by atomic mass is 10.1. The summed E-state index contributed by atoms with van der Waals surface area (Å²) in [6, 6.07) is 17.3. The van der Waals surface area contributed by atoms with Crippen LogP contribution in [0, 0.1) is 13.8 Å². The number of benzene rings is 2. The molecule has 3 heterocycles. The van der Waals surface area contributed by atoms with Gasteiger partial charge in [-0.3, -0.25) is 14.7 Å². The number of carbonyl (C=O) groups is 1. The molecule has 32 heavy (non-hydrogen) atoms. The van der Waals surface area contributed by atoms with Crippen molar-refractivity contribution in [3.05, 3.63) is 77.6 Å². The molecule has 0 saturated carbocycles. The van der Waals surface area contributed by atoms with Crippen LogP contribution in [-0.2, 0) is 11.3 Å². The lowest BCUT2D eigenvalue weighted by Crippen LogP contribution is -2.50. The number of pyridine rings is 1. The number of hydrogen-bond donors (Lipinski definition) is 0. The molecule has 0 fully saturated rings. The molecule has 0 aliphatic carbocycles. The summed E-state index contributed by atoms with van der Waals surface area (Å²) in [4.78, 5) is 24.7. The standard InChI is InChI=1S/C25H23N3O3S/c1-15-12-16(2)23-19(13-15)27-25(32-23)28(14-18-8-6-7-11-26-18)24(29)22-17(3)30-20-9-4-5-10-21(20)31-22/h4-13,17,22H,14H2,1-3H3. The number of anilines is 1. The first-order valence-electron chi connectivity index (χ1n) is 10.5. The van der Waals surface area contributed by atoms with Crippen LogP contribution < -0.4 is 14.4 Å². The van der Waals surface area contributed by atoms with Gasteiger partial charge in [-0.1, -0.05) is 35.6 Å². The summed E-state index contributed by atoms with van der Waals surface area (Å²) in [7, 11) is 0. The molecule has 1 aliphatic heterocycles. The molecule has 7 heteroatoms. The highest BCUT2D eigenvalue weighted by Gasteiger charge is 2.38. The monoisotopic (exact) mass is 445 g/mol. The maximum atomic E-state index is 13.8. The SMILES string of the molecule is Cc1cc(C)c2sc(N(Cc3ccccn3)C(=O)C3Oc4ccccc4OC3C)nc2c1. The maximum Gasteiger partial charge on any atom is 0.274 e. The zero-order valence-electron chi connectivity index (χ0n) is 18.1. The van der Waals surface area contributed by atoms with Crippen molar-refractivity contribution in [2.24, 2.45) is 0 Å². The number of aryl methyl sites for hydroxylation is 2. The van der Waals surface area contributed by atoms with Crippen LogP contribution in [-0.4, -0.2) is 28.1 Å². The predicted molar refractivity (Wildman–Crippen MR) is 125 cm³/mol. The first-order chi connectivity index (χ1) is 15.5. The van der Waals surface area contributed by atoms with Crippen molar-refractivity contribution in [3.8, 4) is 11.5 Å². The maximum absolute atomic E-state index is 13.8. The fourth-order valence-electron chi connectivity index (χ4n) is 3.92. The molecular formula is C25H23N3O3S. The van der Waals surface area contributed by atoms with Crippen molar-refractivity contribution >= 4 is 32.6 Å². The minimum absolute atomic E-state index is 0.203. The minimum atomic E-state index is -0.788. The molecule has 0 N–H and O–H groups in total. The van der Waals surface area contributed by atoms with Gasteiger partial charge in [-0.05, 0) is 62.2 Å². The summed E-state index contributed by atoms with van der Waals surface area (Å²) >= 11 is 1.51. The average molecular weight is 446 g/mol. The van der Waals surface area contributed by atoms with Crippen molar-refractivity contribution in [1.82, 2.24) is 9.97 Å². The molecule has 1 amide bonds. The number of thiazole rings is 1. The number of para-hydroxylation sites is 2. The van der Waals surface area contributed by atoms with E-state index in [1.54, 1.807) is 11.1 Å². The molecule has 0 radical (unpaired) electrons. The zero-order valence-corrected chi connectivity index (χ0v) is 18.9. The Balaban J connectivity index is 1.54. The molecule has 2 aromatic heterocycles. The largest absolute Gasteiger partial charge is 0.482 e. The van der Waals surface area contributed by atoms with E-state index in [-0.39, 0.29) is 5.91 Å². The quantitative estimate of drug-likeness (QED) is 0.439. The van der Waals surface area contributed by atoms with E-state index in [0.29, 0.717) is 23.2 Å². The smallest absolute Gasteiger partial charge is 0.274 e. The van der Waals surface area contributed by atoms with E-state index in [1.807, 2.05) is 55.5 Å². The molecule has 4 aromatic rings. The molecular weight excluding hydrogens is 422 g/mol. The average Bonchev–Trinajstić information content (AvgIpc) is 3.21. The van der Waals surface area contributed by atoms with Gasteiger partial charge in [0, 0.05) is 6.20 Å². The highest BCUT2D eigenvalue weighted by atomic mass is 32.1. The van der Waals surface area contributed by atoms with E-state index in [0.717, 1.165) is 27.0 Å². The van der Waals surface area contributed by atoms with Crippen LogP contribution in [0.5, 0.6) is 11.5 Å². The number of carbonyl (C=O) groups excluding carboxylic acids is 1. The Morgan fingerprint density at radius 3 is 2.56 bits per heavy atom. The molecule has 6 nitrogen and oxygen atoms in total. The van der Waals surface area contributed by atoms with Gasteiger partial charge in [-0.15, -0.1) is 0 Å². The molecule has 2 aromatic carbocycles. The van der Waals surface area contributed by atoms with Gasteiger partial charge in [0.25, 0.3) is 5.91 Å². The summed E-state index contributed by atoms with van der Waals surface area (Å²) in [6.07, 6.45) is 0.494. The number of aromatic nitrogens is 2. The van der Waals surface area contributed by atoms with Crippen LogP contribution in [0.25, 0.3) is 10.2 Å². The summed E-state index contributed by atoms with van der Waals surface area (Å²) in [5.41, 5.74) is 3.95. The summed E-state index contributed by atoms with van der Waals surface area (Å²) in [5, 5.41) is 0.624. The van der Waals surface area contributed by atoms with E-state index >= 15 is 0 Å². The lowest BCUT2D eigenvalue weighted by Gasteiger charge is -2.33. The highest BCUT2D eigenvalue weighted by molar-refractivity contribution is 7.22. The second-order valence-electron chi connectivity index (χ2n) is 7.98. The van der Waals surface area contributed by atoms with Crippen molar-refractivity contribution in [2.45, 2.75) is 39.5 Å². The van der Waals surface area contributed by atoms with E-state index in [9.17, 15) is 4.79 Å². The molecule has 1 aliphatic rings. The van der Waals surface area contributed by atoms with Crippen molar-refractivity contribution < 1.29 is 14.3 Å². The van der Waals surface area contributed by atoms with Crippen LogP contribution in [0.3, 0.4) is 0 Å². The van der Waals surface area contributed by atoms with Crippen LogP contribution >= 0.6 is 11.3 Å². The summed E-state index contributed by atoms with van der Waals surface area (Å²) in [5.74, 6) is 1.01. The molecule has 2 atom stereocenters. The number of ether oxygens (including phenoxy) is 2. The summed E-state index contributed by atoms with van der Waals surface area (Å²) < 4.78 is 13.2. The molecule has 5 rings (SSSR count). The summed E-state index contributed by atoms with van der Waals surface area (Å²) in [6.45, 7) is 6.27. The van der Waals surface area contributed by atoms with E-state index in [1.165, 1.54) is 11.3 Å². The third kappa shape index (κ3) is 3.80. The van der Waals surface area contributed by atoms with Gasteiger partial charge >= 0.3 is 0 Å². The van der Waals surface area contributed by atoms with Gasteiger partial charge < -0.3 is 9.47 Å². The number of nitrogens with zero attached hydrogens (tertiary/aromatic N) is 3. The fourth-order valence-corrected chi connectivity index (χ4v) is 4.94. The fraction of sp³-hybridized carbons (Fsp3) is 0.240.